The molecule has 0 aliphatic heterocycles. The molecule has 0 radical (unpaired) electrons. The highest BCUT2D eigenvalue weighted by atomic mass is 16.4. The Morgan fingerprint density at radius 2 is 0.889 bits per heavy atom. The van der Waals surface area contributed by atoms with Gasteiger partial charge in [-0.05, 0) is 6.42 Å². The van der Waals surface area contributed by atoms with Gasteiger partial charge in [-0.15, -0.1) is 0 Å². The molecule has 0 saturated carbocycles. The second-order valence-electron chi connectivity index (χ2n) is 5.02. The molecule has 0 unspecified atom stereocenters. The lowest BCUT2D eigenvalue weighted by molar-refractivity contribution is 0.277. The van der Waals surface area contributed by atoms with Gasteiger partial charge in [-0.25, -0.2) is 0 Å². The smallest absolute Gasteiger partial charge is 0.0431 e. The van der Waals surface area contributed by atoms with Crippen molar-refractivity contribution in [1.82, 2.24) is 0 Å². The predicted molar refractivity (Wildman–Crippen MR) is 81.1 cm³/mol. The zero-order valence-corrected chi connectivity index (χ0v) is 13.0. The maximum absolute atomic E-state index is 8.61. The molecule has 1 N–H and O–H groups in total. The molecule has 0 aromatic carbocycles. The summed E-state index contributed by atoms with van der Waals surface area (Å²) in [4.78, 5) is 0. The van der Waals surface area contributed by atoms with Crippen molar-refractivity contribution in [1.29, 1.82) is 0 Å². The summed E-state index contributed by atoms with van der Waals surface area (Å²) in [7, 11) is 3.25. The van der Waals surface area contributed by atoms with E-state index in [9.17, 15) is 0 Å². The van der Waals surface area contributed by atoms with Crippen LogP contribution in [0.5, 0.6) is 0 Å². The molecule has 0 fully saturated rings. The molecule has 0 rings (SSSR count). The van der Waals surface area contributed by atoms with Crippen LogP contribution in [-0.2, 0) is 4.74 Å². The first kappa shape index (κ1) is 20.2. The molecule has 0 aliphatic rings. The maximum atomic E-state index is 8.61. The van der Waals surface area contributed by atoms with Crippen molar-refractivity contribution in [2.24, 2.45) is 0 Å². The van der Waals surface area contributed by atoms with Crippen LogP contribution >= 0.6 is 0 Å². The van der Waals surface area contributed by atoms with E-state index in [1.165, 1.54) is 70.6 Å². The van der Waals surface area contributed by atoms with E-state index >= 15 is 0 Å². The van der Waals surface area contributed by atoms with Gasteiger partial charge in [0.2, 0.25) is 0 Å². The molecule has 0 amide bonds. The number of unbranched alkanes of at least 4 members (excludes halogenated alkanes) is 11. The lowest BCUT2D eigenvalue weighted by Crippen LogP contribution is -1.84. The van der Waals surface area contributed by atoms with Crippen molar-refractivity contribution in [3.8, 4) is 0 Å². The molecule has 18 heavy (non-hydrogen) atoms. The Bertz CT molecular complexity index is 104. The Labute approximate surface area is 115 Å². The van der Waals surface area contributed by atoms with Crippen LogP contribution in [0.2, 0.25) is 0 Å². The quantitative estimate of drug-likeness (QED) is 0.503. The fourth-order valence-electron chi connectivity index (χ4n) is 1.95. The number of aliphatic hydroxyl groups excluding tert-OH is 1. The van der Waals surface area contributed by atoms with Crippen LogP contribution in [0.4, 0.5) is 0 Å². The normalized spacial score (nSPS) is 10.0. The Balaban J connectivity index is 0. The summed E-state index contributed by atoms with van der Waals surface area (Å²) in [5.41, 5.74) is 0. The monoisotopic (exact) mass is 260 g/mol. The molecular formula is C16H36O2. The second-order valence-corrected chi connectivity index (χ2v) is 5.02. The molecule has 0 aliphatic carbocycles. The molecule has 112 valence electrons. The van der Waals surface area contributed by atoms with Gasteiger partial charge in [-0.1, -0.05) is 77.6 Å². The Hall–Kier alpha value is -0.0800. The molecule has 2 heteroatoms. The number of hydrogen-bond acceptors (Lipinski definition) is 2. The Kier molecular flexibility index (Phi) is 24.9. The minimum Gasteiger partial charge on any atom is -0.396 e. The van der Waals surface area contributed by atoms with Crippen molar-refractivity contribution in [3.05, 3.63) is 0 Å². The molecular weight excluding hydrogens is 224 g/mol. The highest BCUT2D eigenvalue weighted by Crippen LogP contribution is 2.11. The molecule has 0 spiro atoms. The van der Waals surface area contributed by atoms with E-state index in [4.69, 9.17) is 5.11 Å². The van der Waals surface area contributed by atoms with Crippen LogP contribution in [0.15, 0.2) is 0 Å². The first-order valence-electron chi connectivity index (χ1n) is 7.84. The lowest BCUT2D eigenvalue weighted by Gasteiger charge is -2.01. The molecule has 0 atom stereocenters. The first-order valence-corrected chi connectivity index (χ1v) is 7.84. The van der Waals surface area contributed by atoms with E-state index in [0.717, 1.165) is 6.42 Å². The SMILES string of the molecule is CCCCCCCCCCCCCCO.COC. The Morgan fingerprint density at radius 1 is 0.611 bits per heavy atom. The van der Waals surface area contributed by atoms with Crippen LogP contribution < -0.4 is 0 Å². The van der Waals surface area contributed by atoms with Gasteiger partial charge in [0, 0.05) is 20.8 Å². The van der Waals surface area contributed by atoms with Gasteiger partial charge < -0.3 is 9.84 Å². The van der Waals surface area contributed by atoms with Gasteiger partial charge in [0.25, 0.3) is 0 Å². The average Bonchev–Trinajstić information content (AvgIpc) is 2.37. The van der Waals surface area contributed by atoms with E-state index in [2.05, 4.69) is 11.7 Å². The van der Waals surface area contributed by atoms with Crippen LogP contribution in [0.25, 0.3) is 0 Å². The summed E-state index contributed by atoms with van der Waals surface area (Å²) in [6.45, 7) is 2.64. The topological polar surface area (TPSA) is 29.5 Å². The van der Waals surface area contributed by atoms with Crippen molar-refractivity contribution in [3.63, 3.8) is 0 Å². The Morgan fingerprint density at radius 3 is 1.17 bits per heavy atom. The van der Waals surface area contributed by atoms with Crippen molar-refractivity contribution in [2.75, 3.05) is 20.8 Å². The van der Waals surface area contributed by atoms with E-state index in [1.54, 1.807) is 14.2 Å². The number of hydrogen-bond donors (Lipinski definition) is 1. The average molecular weight is 260 g/mol. The number of ether oxygens (including phenoxy) is 1. The van der Waals surface area contributed by atoms with Gasteiger partial charge in [-0.3, -0.25) is 0 Å². The summed E-state index contributed by atoms with van der Waals surface area (Å²) in [6.07, 6.45) is 16.2. The van der Waals surface area contributed by atoms with E-state index in [-0.39, 0.29) is 0 Å². The zero-order chi connectivity index (χ0) is 13.9. The molecule has 0 heterocycles. The summed E-state index contributed by atoms with van der Waals surface area (Å²) < 4.78 is 4.25. The van der Waals surface area contributed by atoms with Crippen LogP contribution in [0, 0.1) is 0 Å². The zero-order valence-electron chi connectivity index (χ0n) is 13.0. The number of aliphatic hydroxyl groups is 1. The largest absolute Gasteiger partial charge is 0.396 e. The maximum Gasteiger partial charge on any atom is 0.0431 e. The fourth-order valence-corrected chi connectivity index (χ4v) is 1.95. The predicted octanol–water partition coefficient (Wildman–Crippen LogP) is 4.94. The van der Waals surface area contributed by atoms with Crippen molar-refractivity contribution in [2.45, 2.75) is 84.0 Å². The summed E-state index contributed by atoms with van der Waals surface area (Å²) in [5.74, 6) is 0. The van der Waals surface area contributed by atoms with Crippen LogP contribution in [0.3, 0.4) is 0 Å². The summed E-state index contributed by atoms with van der Waals surface area (Å²) in [5, 5.41) is 8.61. The third-order valence-corrected chi connectivity index (χ3v) is 3.01. The fraction of sp³-hybridized carbons (Fsp3) is 1.00. The van der Waals surface area contributed by atoms with Crippen molar-refractivity contribution < 1.29 is 9.84 Å². The van der Waals surface area contributed by atoms with E-state index in [0.29, 0.717) is 6.61 Å². The molecule has 0 aromatic rings. The number of rotatable bonds is 12. The number of methoxy groups -OCH3 is 1. The standard InChI is InChI=1S/C14H30O.C2H6O/c1-2-3-4-5-6-7-8-9-10-11-12-13-14-15;1-3-2/h15H,2-14H2,1H3;1-2H3. The summed E-state index contributed by atoms with van der Waals surface area (Å²) >= 11 is 0. The highest BCUT2D eigenvalue weighted by molar-refractivity contribution is 4.47. The van der Waals surface area contributed by atoms with Gasteiger partial charge in [0.15, 0.2) is 0 Å². The minimum atomic E-state index is 0.372. The third-order valence-electron chi connectivity index (χ3n) is 3.01. The van der Waals surface area contributed by atoms with Gasteiger partial charge in [-0.2, -0.15) is 0 Å². The second kappa shape index (κ2) is 22.1. The third kappa shape index (κ3) is 24.9. The minimum absolute atomic E-state index is 0.372. The molecule has 0 aromatic heterocycles. The highest BCUT2D eigenvalue weighted by Gasteiger charge is 1.92. The lowest BCUT2D eigenvalue weighted by atomic mass is 10.1. The van der Waals surface area contributed by atoms with Gasteiger partial charge in [0.05, 0.1) is 0 Å². The summed E-state index contributed by atoms with van der Waals surface area (Å²) in [6, 6.07) is 0. The molecule has 0 bridgehead atoms. The van der Waals surface area contributed by atoms with E-state index < -0.39 is 0 Å². The van der Waals surface area contributed by atoms with E-state index in [1.807, 2.05) is 0 Å². The van der Waals surface area contributed by atoms with Gasteiger partial charge in [0.1, 0.15) is 0 Å². The molecule has 2 nitrogen and oxygen atoms in total. The van der Waals surface area contributed by atoms with Gasteiger partial charge >= 0.3 is 0 Å². The van der Waals surface area contributed by atoms with Crippen LogP contribution in [0.1, 0.15) is 84.0 Å². The molecule has 0 saturated heterocycles. The van der Waals surface area contributed by atoms with Crippen molar-refractivity contribution >= 4 is 0 Å². The van der Waals surface area contributed by atoms with Crippen LogP contribution in [-0.4, -0.2) is 25.9 Å². The first-order chi connectivity index (χ1) is 8.83.